The lowest BCUT2D eigenvalue weighted by atomic mass is 9.91. The average Bonchev–Trinajstić information content (AvgIpc) is 3.13. The number of hydrogen-bond donors (Lipinski definition) is 3. The number of aryl methyl sites for hydroxylation is 1. The van der Waals surface area contributed by atoms with Gasteiger partial charge < -0.3 is 15.2 Å². The lowest BCUT2D eigenvalue weighted by Gasteiger charge is -2.20. The van der Waals surface area contributed by atoms with Gasteiger partial charge in [-0.2, -0.15) is 0 Å². The van der Waals surface area contributed by atoms with Crippen molar-refractivity contribution in [3.05, 3.63) is 45.8 Å². The zero-order valence-electron chi connectivity index (χ0n) is 18.0. The molecular weight excluding hydrogens is 448 g/mol. The Labute approximate surface area is 192 Å². The smallest absolute Gasteiger partial charge is 0.333 e. The molecule has 1 saturated carbocycles. The van der Waals surface area contributed by atoms with Crippen LogP contribution in [0.1, 0.15) is 60.1 Å². The predicted octanol–water partition coefficient (Wildman–Crippen LogP) is 3.87. The normalized spacial score (nSPS) is 23.7. The van der Waals surface area contributed by atoms with Gasteiger partial charge in [0.05, 0.1) is 6.61 Å². The number of ether oxygens (including phenoxy) is 1. The van der Waals surface area contributed by atoms with Crippen LogP contribution in [0.2, 0.25) is 0 Å². The third-order valence-corrected chi connectivity index (χ3v) is 10.0. The molecule has 1 saturated heterocycles. The van der Waals surface area contributed by atoms with Gasteiger partial charge in [0.2, 0.25) is 0 Å². The SMILES string of the molecule is C[C@H](c1ccc2c(c1NC(=O)NS(=O)(=O)c1ccc(C3(O)CCOC3)s1)CCC2)C1CC1. The molecule has 9 heteroatoms. The maximum Gasteiger partial charge on any atom is 0.333 e. The number of urea groups is 1. The van der Waals surface area contributed by atoms with E-state index in [1.807, 2.05) is 0 Å². The van der Waals surface area contributed by atoms with Gasteiger partial charge in [0.1, 0.15) is 9.81 Å². The van der Waals surface area contributed by atoms with Crippen molar-refractivity contribution in [1.82, 2.24) is 4.72 Å². The highest BCUT2D eigenvalue weighted by Gasteiger charge is 2.37. The fourth-order valence-corrected chi connectivity index (χ4v) is 7.15. The van der Waals surface area contributed by atoms with Gasteiger partial charge in [0.15, 0.2) is 0 Å². The highest BCUT2D eigenvalue weighted by Crippen LogP contribution is 2.46. The minimum absolute atomic E-state index is 0.00663. The minimum Gasteiger partial charge on any atom is -0.382 e. The quantitative estimate of drug-likeness (QED) is 0.587. The van der Waals surface area contributed by atoms with Gasteiger partial charge in [0.25, 0.3) is 10.0 Å². The molecule has 2 atom stereocenters. The summed E-state index contributed by atoms with van der Waals surface area (Å²) in [6.45, 7) is 2.75. The van der Waals surface area contributed by atoms with E-state index in [0.717, 1.165) is 47.4 Å². The molecule has 2 amide bonds. The molecule has 2 aliphatic carbocycles. The van der Waals surface area contributed by atoms with Crippen LogP contribution >= 0.6 is 11.3 Å². The number of hydrogen-bond acceptors (Lipinski definition) is 6. The Bertz CT molecular complexity index is 1150. The number of benzene rings is 1. The van der Waals surface area contributed by atoms with E-state index in [0.29, 0.717) is 29.7 Å². The first-order chi connectivity index (χ1) is 15.3. The Morgan fingerprint density at radius 2 is 2.06 bits per heavy atom. The first-order valence-electron chi connectivity index (χ1n) is 11.2. The molecule has 2 aromatic rings. The molecule has 32 heavy (non-hydrogen) atoms. The molecule has 0 radical (unpaired) electrons. The van der Waals surface area contributed by atoms with Crippen molar-refractivity contribution < 1.29 is 23.1 Å². The summed E-state index contributed by atoms with van der Waals surface area (Å²) in [6.07, 6.45) is 5.70. The summed E-state index contributed by atoms with van der Waals surface area (Å²) in [7, 11) is -4.06. The lowest BCUT2D eigenvalue weighted by Crippen LogP contribution is -2.34. The van der Waals surface area contributed by atoms with Gasteiger partial charge in [-0.3, -0.25) is 0 Å². The molecule has 1 aromatic carbocycles. The van der Waals surface area contributed by atoms with Gasteiger partial charge >= 0.3 is 6.03 Å². The molecule has 3 aliphatic rings. The zero-order chi connectivity index (χ0) is 22.5. The molecule has 1 aliphatic heterocycles. The second kappa shape index (κ2) is 8.13. The van der Waals surface area contributed by atoms with E-state index in [1.54, 1.807) is 6.07 Å². The number of sulfonamides is 1. The van der Waals surface area contributed by atoms with E-state index >= 15 is 0 Å². The van der Waals surface area contributed by atoms with Crippen molar-refractivity contribution in [3.8, 4) is 0 Å². The lowest BCUT2D eigenvalue weighted by molar-refractivity contribution is 0.0264. The highest BCUT2D eigenvalue weighted by atomic mass is 32.2. The summed E-state index contributed by atoms with van der Waals surface area (Å²) in [5.74, 6) is 0.943. The van der Waals surface area contributed by atoms with Crippen molar-refractivity contribution in [2.24, 2.45) is 5.92 Å². The van der Waals surface area contributed by atoms with Gasteiger partial charge in [0, 0.05) is 23.6 Å². The van der Waals surface area contributed by atoms with Gasteiger partial charge in [-0.15, -0.1) is 11.3 Å². The topological polar surface area (TPSA) is 105 Å². The fraction of sp³-hybridized carbons (Fsp3) is 0.522. The van der Waals surface area contributed by atoms with Crippen molar-refractivity contribution in [2.45, 2.75) is 61.2 Å². The standard InChI is InChI=1S/C23H28N2O5S2/c1-14(15-5-6-15)17-8-7-16-3-2-4-18(16)21(17)24-22(26)25-32(28,29)20-10-9-19(31-20)23(27)11-12-30-13-23/h7-10,14-15,27H,2-6,11-13H2,1H3,(H2,24,25,26)/t14-,23?/m0/s1. The van der Waals surface area contributed by atoms with Crippen LogP contribution in [0.4, 0.5) is 10.5 Å². The van der Waals surface area contributed by atoms with Gasteiger partial charge in [-0.05, 0) is 72.8 Å². The zero-order valence-corrected chi connectivity index (χ0v) is 19.7. The number of fused-ring (bicyclic) bond motifs is 1. The number of carbonyl (C=O) groups is 1. The number of amides is 2. The maximum atomic E-state index is 12.9. The van der Waals surface area contributed by atoms with Crippen LogP contribution in [-0.2, 0) is 33.2 Å². The highest BCUT2D eigenvalue weighted by molar-refractivity contribution is 7.92. The molecule has 5 rings (SSSR count). The molecule has 0 bridgehead atoms. The monoisotopic (exact) mass is 476 g/mol. The number of anilines is 1. The molecule has 2 fully saturated rings. The Morgan fingerprint density at radius 3 is 2.78 bits per heavy atom. The first-order valence-corrected chi connectivity index (χ1v) is 13.5. The Hall–Kier alpha value is -1.94. The summed E-state index contributed by atoms with van der Waals surface area (Å²) >= 11 is 0.964. The fourth-order valence-electron chi connectivity index (χ4n) is 4.84. The third kappa shape index (κ3) is 4.07. The van der Waals surface area contributed by atoms with Crippen molar-refractivity contribution >= 4 is 33.1 Å². The second-order valence-corrected chi connectivity index (χ2v) is 12.2. The van der Waals surface area contributed by atoms with E-state index < -0.39 is 21.7 Å². The van der Waals surface area contributed by atoms with E-state index in [4.69, 9.17) is 4.74 Å². The number of rotatable bonds is 6. The summed E-state index contributed by atoms with van der Waals surface area (Å²) in [5, 5.41) is 13.5. The molecule has 0 spiro atoms. The van der Waals surface area contributed by atoms with E-state index in [1.165, 1.54) is 24.5 Å². The van der Waals surface area contributed by atoms with Gasteiger partial charge in [-0.1, -0.05) is 19.1 Å². The Balaban J connectivity index is 1.36. The second-order valence-electron chi connectivity index (χ2n) is 9.16. The van der Waals surface area contributed by atoms with E-state index in [-0.39, 0.29) is 10.8 Å². The molecule has 172 valence electrons. The van der Waals surface area contributed by atoms with Crippen molar-refractivity contribution in [3.63, 3.8) is 0 Å². The van der Waals surface area contributed by atoms with Crippen LogP contribution in [0.25, 0.3) is 0 Å². The van der Waals surface area contributed by atoms with Crippen LogP contribution in [0.5, 0.6) is 0 Å². The van der Waals surface area contributed by atoms with Crippen molar-refractivity contribution in [2.75, 3.05) is 18.5 Å². The van der Waals surface area contributed by atoms with Gasteiger partial charge in [-0.25, -0.2) is 17.9 Å². The van der Waals surface area contributed by atoms with Crippen LogP contribution in [-0.4, -0.2) is 32.8 Å². The summed E-state index contributed by atoms with van der Waals surface area (Å²) in [5.41, 5.74) is 3.05. The minimum atomic E-state index is -4.06. The van der Waals surface area contributed by atoms with E-state index in [2.05, 4.69) is 29.1 Å². The maximum absolute atomic E-state index is 12.9. The number of thiophene rings is 1. The molecule has 7 nitrogen and oxygen atoms in total. The number of aliphatic hydroxyl groups is 1. The predicted molar refractivity (Wildman–Crippen MR) is 123 cm³/mol. The van der Waals surface area contributed by atoms with Crippen LogP contribution in [0.3, 0.4) is 0 Å². The molecule has 3 N–H and O–H groups in total. The largest absolute Gasteiger partial charge is 0.382 e. The Morgan fingerprint density at radius 1 is 1.25 bits per heavy atom. The van der Waals surface area contributed by atoms with Crippen LogP contribution in [0.15, 0.2) is 28.5 Å². The Kier molecular flexibility index (Phi) is 5.56. The van der Waals surface area contributed by atoms with Crippen LogP contribution < -0.4 is 10.0 Å². The first kappa shape index (κ1) is 21.9. The molecule has 1 aromatic heterocycles. The summed E-state index contributed by atoms with van der Waals surface area (Å²) < 4.78 is 33.1. The van der Waals surface area contributed by atoms with E-state index in [9.17, 15) is 18.3 Å². The van der Waals surface area contributed by atoms with Crippen molar-refractivity contribution in [1.29, 1.82) is 0 Å². The summed E-state index contributed by atoms with van der Waals surface area (Å²) in [4.78, 5) is 13.3. The molecule has 2 heterocycles. The average molecular weight is 477 g/mol. The summed E-state index contributed by atoms with van der Waals surface area (Å²) in [6, 6.07) is 6.50. The number of nitrogens with one attached hydrogen (secondary N) is 2. The third-order valence-electron chi connectivity index (χ3n) is 6.91. The molecule has 1 unspecified atom stereocenters. The van der Waals surface area contributed by atoms with Crippen LogP contribution in [0, 0.1) is 5.92 Å². The molecular formula is C23H28N2O5S2. The number of carbonyl (C=O) groups excluding carboxylic acids is 1.